The summed E-state index contributed by atoms with van der Waals surface area (Å²) in [6.07, 6.45) is 0. The van der Waals surface area contributed by atoms with E-state index in [0.717, 1.165) is 24.8 Å². The third kappa shape index (κ3) is 4.32. The molecule has 0 aromatic heterocycles. The van der Waals surface area contributed by atoms with Crippen LogP contribution in [0.2, 0.25) is 0 Å². The summed E-state index contributed by atoms with van der Waals surface area (Å²) < 4.78 is 31.4. The number of rotatable bonds is 5. The number of carbonyl (C=O) groups excluding carboxylic acids is 2. The quantitative estimate of drug-likeness (QED) is 0.844. The van der Waals surface area contributed by atoms with Crippen molar-refractivity contribution in [3.05, 3.63) is 64.7 Å². The molecule has 1 N–H and O–H groups in total. The van der Waals surface area contributed by atoms with Crippen LogP contribution in [0, 0.1) is 11.6 Å². The molecular formula is C18H18F2N2O3. The maximum absolute atomic E-state index is 13.5. The summed E-state index contributed by atoms with van der Waals surface area (Å²) in [4.78, 5) is 25.0. The van der Waals surface area contributed by atoms with E-state index in [1.165, 1.54) is 4.90 Å². The van der Waals surface area contributed by atoms with E-state index in [4.69, 9.17) is 0 Å². The Labute approximate surface area is 144 Å². The van der Waals surface area contributed by atoms with E-state index in [-0.39, 0.29) is 23.7 Å². The zero-order chi connectivity index (χ0) is 18.6. The highest BCUT2D eigenvalue weighted by atomic mass is 19.2. The number of methoxy groups -OCH3 is 1. The lowest BCUT2D eigenvalue weighted by Crippen LogP contribution is -2.21. The second kappa shape index (κ2) is 7.74. The molecule has 2 aromatic rings. The van der Waals surface area contributed by atoms with E-state index >= 15 is 0 Å². The molecule has 0 aliphatic rings. The third-order valence-corrected chi connectivity index (χ3v) is 3.56. The fraction of sp³-hybridized carbons (Fsp3) is 0.222. The number of carbonyl (C=O) groups is 2. The van der Waals surface area contributed by atoms with Crippen LogP contribution >= 0.6 is 0 Å². The Balaban J connectivity index is 2.17. The molecule has 0 aliphatic heterocycles. The first-order valence-corrected chi connectivity index (χ1v) is 7.45. The molecule has 2 rings (SSSR count). The van der Waals surface area contributed by atoms with Crippen LogP contribution < -0.4 is 5.32 Å². The molecule has 132 valence electrons. The standard InChI is InChI=1S/C18H18F2N2O3/c1-22(2)17(23)12-6-4-11(5-7-12)10-21-16-9-15(20)14(19)8-13(16)18(24)25-3/h4-9,21H,10H2,1-3H3. The van der Waals surface area contributed by atoms with E-state index in [1.54, 1.807) is 38.4 Å². The molecule has 0 radical (unpaired) electrons. The SMILES string of the molecule is COC(=O)c1cc(F)c(F)cc1NCc1ccc(C(=O)N(C)C)cc1. The van der Waals surface area contributed by atoms with Gasteiger partial charge >= 0.3 is 5.97 Å². The van der Waals surface area contributed by atoms with Gasteiger partial charge in [-0.2, -0.15) is 0 Å². The minimum atomic E-state index is -1.13. The summed E-state index contributed by atoms with van der Waals surface area (Å²) in [6.45, 7) is 0.255. The minimum absolute atomic E-state index is 0.0965. The van der Waals surface area contributed by atoms with Crippen LogP contribution in [0.25, 0.3) is 0 Å². The van der Waals surface area contributed by atoms with Gasteiger partial charge in [0.1, 0.15) is 0 Å². The molecule has 1 amide bonds. The van der Waals surface area contributed by atoms with Gasteiger partial charge in [-0.05, 0) is 23.8 Å². The van der Waals surface area contributed by atoms with Crippen LogP contribution in [-0.4, -0.2) is 38.0 Å². The average Bonchev–Trinajstić information content (AvgIpc) is 2.61. The first kappa shape index (κ1) is 18.4. The van der Waals surface area contributed by atoms with Crippen molar-refractivity contribution in [2.45, 2.75) is 6.54 Å². The van der Waals surface area contributed by atoms with Crippen LogP contribution in [0.1, 0.15) is 26.3 Å². The molecule has 0 spiro atoms. The van der Waals surface area contributed by atoms with Crippen LogP contribution in [0.3, 0.4) is 0 Å². The number of hydrogen-bond acceptors (Lipinski definition) is 4. The molecule has 25 heavy (non-hydrogen) atoms. The summed E-state index contributed by atoms with van der Waals surface area (Å²) >= 11 is 0. The van der Waals surface area contributed by atoms with Gasteiger partial charge in [0.2, 0.25) is 0 Å². The van der Waals surface area contributed by atoms with Crippen LogP contribution in [0.15, 0.2) is 36.4 Å². The molecule has 5 nitrogen and oxygen atoms in total. The van der Waals surface area contributed by atoms with E-state index in [0.29, 0.717) is 5.56 Å². The maximum Gasteiger partial charge on any atom is 0.340 e. The number of esters is 1. The van der Waals surface area contributed by atoms with Crippen molar-refractivity contribution in [1.29, 1.82) is 0 Å². The topological polar surface area (TPSA) is 58.6 Å². The second-order valence-electron chi connectivity index (χ2n) is 5.55. The van der Waals surface area contributed by atoms with Crippen LogP contribution in [-0.2, 0) is 11.3 Å². The summed E-state index contributed by atoms with van der Waals surface area (Å²) in [5.74, 6) is -3.08. The van der Waals surface area contributed by atoms with Crippen molar-refractivity contribution in [1.82, 2.24) is 4.90 Å². The molecule has 0 saturated carbocycles. The first-order chi connectivity index (χ1) is 11.8. The summed E-state index contributed by atoms with van der Waals surface area (Å²) in [6, 6.07) is 8.52. The van der Waals surface area contributed by atoms with Crippen LogP contribution in [0.5, 0.6) is 0 Å². The van der Waals surface area contributed by atoms with E-state index < -0.39 is 17.6 Å². The number of nitrogens with zero attached hydrogens (tertiary/aromatic N) is 1. The van der Waals surface area contributed by atoms with Gasteiger partial charge in [0, 0.05) is 32.3 Å². The molecule has 0 saturated heterocycles. The van der Waals surface area contributed by atoms with Crippen molar-refractivity contribution in [3.8, 4) is 0 Å². The smallest absolute Gasteiger partial charge is 0.340 e. The Morgan fingerprint density at radius 2 is 1.68 bits per heavy atom. The van der Waals surface area contributed by atoms with Gasteiger partial charge in [0.25, 0.3) is 5.91 Å². The van der Waals surface area contributed by atoms with E-state index in [1.807, 2.05) is 0 Å². The average molecular weight is 348 g/mol. The summed E-state index contributed by atoms with van der Waals surface area (Å²) in [7, 11) is 4.48. The zero-order valence-corrected chi connectivity index (χ0v) is 14.1. The molecule has 0 unspecified atom stereocenters. The lowest BCUT2D eigenvalue weighted by molar-refractivity contribution is 0.0601. The molecule has 0 atom stereocenters. The highest BCUT2D eigenvalue weighted by Gasteiger charge is 2.16. The third-order valence-electron chi connectivity index (χ3n) is 3.56. The molecule has 7 heteroatoms. The molecule has 0 heterocycles. The molecule has 2 aromatic carbocycles. The number of ether oxygens (including phenoxy) is 1. The van der Waals surface area contributed by atoms with E-state index in [9.17, 15) is 18.4 Å². The van der Waals surface area contributed by atoms with Gasteiger partial charge in [-0.15, -0.1) is 0 Å². The number of anilines is 1. The molecule has 0 aliphatic carbocycles. The Hall–Kier alpha value is -2.96. The predicted octanol–water partition coefficient (Wildman–Crippen LogP) is 3.07. The monoisotopic (exact) mass is 348 g/mol. The Kier molecular flexibility index (Phi) is 5.69. The highest BCUT2D eigenvalue weighted by Crippen LogP contribution is 2.22. The van der Waals surface area contributed by atoms with Crippen molar-refractivity contribution in [2.75, 3.05) is 26.5 Å². The van der Waals surface area contributed by atoms with Crippen molar-refractivity contribution in [3.63, 3.8) is 0 Å². The fourth-order valence-corrected chi connectivity index (χ4v) is 2.19. The van der Waals surface area contributed by atoms with Crippen molar-refractivity contribution < 1.29 is 23.1 Å². The lowest BCUT2D eigenvalue weighted by Gasteiger charge is -2.13. The maximum atomic E-state index is 13.5. The van der Waals surface area contributed by atoms with Gasteiger partial charge in [-0.25, -0.2) is 13.6 Å². The number of halogens is 2. The lowest BCUT2D eigenvalue weighted by atomic mass is 10.1. The second-order valence-corrected chi connectivity index (χ2v) is 5.55. The Morgan fingerprint density at radius 3 is 2.24 bits per heavy atom. The van der Waals surface area contributed by atoms with E-state index in [2.05, 4.69) is 10.1 Å². The van der Waals surface area contributed by atoms with Crippen LogP contribution in [0.4, 0.5) is 14.5 Å². The number of nitrogens with one attached hydrogen (secondary N) is 1. The molecule has 0 fully saturated rings. The molecular weight excluding hydrogens is 330 g/mol. The van der Waals surface area contributed by atoms with Crippen molar-refractivity contribution in [2.24, 2.45) is 0 Å². The van der Waals surface area contributed by atoms with Crippen molar-refractivity contribution >= 4 is 17.6 Å². The van der Waals surface area contributed by atoms with Gasteiger partial charge in [0.05, 0.1) is 18.4 Å². The van der Waals surface area contributed by atoms with Gasteiger partial charge in [0.15, 0.2) is 11.6 Å². The first-order valence-electron chi connectivity index (χ1n) is 7.45. The Morgan fingerprint density at radius 1 is 1.08 bits per heavy atom. The van der Waals surface area contributed by atoms with Gasteiger partial charge < -0.3 is 15.0 Å². The normalized spacial score (nSPS) is 10.3. The largest absolute Gasteiger partial charge is 0.465 e. The Bertz CT molecular complexity index is 790. The highest BCUT2D eigenvalue weighted by molar-refractivity contribution is 5.95. The summed E-state index contributed by atoms with van der Waals surface area (Å²) in [5.41, 5.74) is 1.37. The fourth-order valence-electron chi connectivity index (χ4n) is 2.19. The minimum Gasteiger partial charge on any atom is -0.465 e. The molecule has 0 bridgehead atoms. The number of hydrogen-bond donors (Lipinski definition) is 1. The zero-order valence-electron chi connectivity index (χ0n) is 14.1. The predicted molar refractivity (Wildman–Crippen MR) is 89.5 cm³/mol. The number of benzene rings is 2. The number of amides is 1. The van der Waals surface area contributed by atoms with Gasteiger partial charge in [-0.1, -0.05) is 12.1 Å². The van der Waals surface area contributed by atoms with Gasteiger partial charge in [-0.3, -0.25) is 4.79 Å². The summed E-state index contributed by atoms with van der Waals surface area (Å²) in [5, 5.41) is 2.88.